The van der Waals surface area contributed by atoms with E-state index in [9.17, 15) is 4.79 Å². The van der Waals surface area contributed by atoms with Crippen molar-refractivity contribution in [3.63, 3.8) is 0 Å². The van der Waals surface area contributed by atoms with Crippen molar-refractivity contribution in [2.24, 2.45) is 0 Å². The molecule has 20 heavy (non-hydrogen) atoms. The van der Waals surface area contributed by atoms with E-state index in [0.29, 0.717) is 31.3 Å². The minimum atomic E-state index is -0.239. The van der Waals surface area contributed by atoms with Crippen LogP contribution in [0.15, 0.2) is 12.1 Å². The second-order valence-electron chi connectivity index (χ2n) is 4.51. The quantitative estimate of drug-likeness (QED) is 0.630. The summed E-state index contributed by atoms with van der Waals surface area (Å²) in [5.74, 6) is 0.424. The number of carbonyl (C=O) groups is 1. The molecule has 0 radical (unpaired) electrons. The molecule has 0 unspecified atom stereocenters. The van der Waals surface area contributed by atoms with Crippen molar-refractivity contribution >= 4 is 11.7 Å². The zero-order chi connectivity index (χ0) is 14.8. The fraction of sp³-hybridized carbons (Fsp3) is 0.615. The van der Waals surface area contributed by atoms with Crippen LogP contribution in [-0.2, 0) is 4.74 Å². The van der Waals surface area contributed by atoms with Gasteiger partial charge in [0.15, 0.2) is 5.69 Å². The predicted molar refractivity (Wildman–Crippen MR) is 77.9 cm³/mol. The minimum absolute atomic E-state index is 0.239. The maximum absolute atomic E-state index is 11.8. The van der Waals surface area contributed by atoms with E-state index in [0.717, 1.165) is 13.1 Å². The van der Waals surface area contributed by atoms with Gasteiger partial charge in [-0.3, -0.25) is 4.79 Å². The van der Waals surface area contributed by atoms with Crippen molar-refractivity contribution in [2.75, 3.05) is 52.3 Å². The van der Waals surface area contributed by atoms with E-state index >= 15 is 0 Å². The van der Waals surface area contributed by atoms with Crippen LogP contribution < -0.4 is 10.6 Å². The third-order valence-electron chi connectivity index (χ3n) is 2.47. The van der Waals surface area contributed by atoms with Crippen LogP contribution in [0.1, 0.15) is 17.4 Å². The van der Waals surface area contributed by atoms with Crippen molar-refractivity contribution in [1.29, 1.82) is 0 Å². The Morgan fingerprint density at radius 3 is 2.70 bits per heavy atom. The van der Waals surface area contributed by atoms with Crippen LogP contribution in [0.25, 0.3) is 0 Å². The summed E-state index contributed by atoms with van der Waals surface area (Å²) in [6.07, 6.45) is 0. The number of amides is 1. The summed E-state index contributed by atoms with van der Waals surface area (Å²) in [6.45, 7) is 5.21. The van der Waals surface area contributed by atoms with Gasteiger partial charge in [0.1, 0.15) is 5.82 Å². The predicted octanol–water partition coefficient (Wildman–Crippen LogP) is 0.216. The number of likely N-dealkylation sites (N-methyl/N-ethyl adjacent to an activating group) is 1. The standard InChI is InChI=1S/C13H23N5O2/c1-4-14-12-6-5-11(16-17-12)13(19)15-7-9-20-10-8-18(2)3/h5-6H,4,7-10H2,1-3H3,(H,14,17)(H,15,19). The third-order valence-corrected chi connectivity index (χ3v) is 2.47. The van der Waals surface area contributed by atoms with E-state index < -0.39 is 0 Å². The Morgan fingerprint density at radius 1 is 1.30 bits per heavy atom. The van der Waals surface area contributed by atoms with Crippen LogP contribution >= 0.6 is 0 Å². The second kappa shape index (κ2) is 9.22. The summed E-state index contributed by atoms with van der Waals surface area (Å²) in [5, 5.41) is 13.5. The largest absolute Gasteiger partial charge is 0.378 e. The number of carbonyl (C=O) groups excluding carboxylic acids is 1. The summed E-state index contributed by atoms with van der Waals surface area (Å²) in [6, 6.07) is 3.38. The molecule has 112 valence electrons. The number of rotatable bonds is 9. The molecule has 1 rings (SSSR count). The van der Waals surface area contributed by atoms with Gasteiger partial charge in [-0.2, -0.15) is 0 Å². The Bertz CT molecular complexity index is 394. The Morgan fingerprint density at radius 2 is 2.10 bits per heavy atom. The fourth-order valence-electron chi connectivity index (χ4n) is 1.41. The Hall–Kier alpha value is -1.73. The first-order chi connectivity index (χ1) is 9.63. The van der Waals surface area contributed by atoms with Gasteiger partial charge in [0.05, 0.1) is 13.2 Å². The molecule has 0 saturated carbocycles. The van der Waals surface area contributed by atoms with Gasteiger partial charge >= 0.3 is 0 Å². The van der Waals surface area contributed by atoms with Crippen LogP contribution in [0.3, 0.4) is 0 Å². The molecule has 0 aliphatic heterocycles. The van der Waals surface area contributed by atoms with Crippen LogP contribution in [-0.4, -0.2) is 67.9 Å². The molecule has 1 aromatic rings. The van der Waals surface area contributed by atoms with Crippen molar-refractivity contribution in [2.45, 2.75) is 6.92 Å². The zero-order valence-corrected chi connectivity index (χ0v) is 12.3. The average molecular weight is 281 g/mol. The van der Waals surface area contributed by atoms with Crippen molar-refractivity contribution in [3.05, 3.63) is 17.8 Å². The lowest BCUT2D eigenvalue weighted by Gasteiger charge is -2.10. The normalized spacial score (nSPS) is 10.6. The molecule has 0 fully saturated rings. The Balaban J connectivity index is 2.22. The number of anilines is 1. The van der Waals surface area contributed by atoms with Crippen molar-refractivity contribution < 1.29 is 9.53 Å². The molecule has 0 aliphatic rings. The monoisotopic (exact) mass is 281 g/mol. The van der Waals surface area contributed by atoms with Gasteiger partial charge in [-0.25, -0.2) is 0 Å². The van der Waals surface area contributed by atoms with Gasteiger partial charge in [-0.15, -0.1) is 10.2 Å². The lowest BCUT2D eigenvalue weighted by molar-refractivity contribution is 0.0895. The number of hydrogen-bond acceptors (Lipinski definition) is 6. The smallest absolute Gasteiger partial charge is 0.271 e. The molecule has 7 heteroatoms. The minimum Gasteiger partial charge on any atom is -0.378 e. The molecule has 0 aliphatic carbocycles. The van der Waals surface area contributed by atoms with Gasteiger partial charge in [0, 0.05) is 19.6 Å². The molecular weight excluding hydrogens is 258 g/mol. The van der Waals surface area contributed by atoms with E-state index in [-0.39, 0.29) is 5.91 Å². The average Bonchev–Trinajstić information content (AvgIpc) is 2.43. The van der Waals surface area contributed by atoms with Crippen LogP contribution in [0, 0.1) is 0 Å². The molecule has 0 aromatic carbocycles. The van der Waals surface area contributed by atoms with Gasteiger partial charge in [-0.1, -0.05) is 0 Å². The molecule has 2 N–H and O–H groups in total. The summed E-state index contributed by atoms with van der Waals surface area (Å²) in [4.78, 5) is 13.8. The molecule has 0 saturated heterocycles. The first-order valence-corrected chi connectivity index (χ1v) is 6.71. The molecule has 1 heterocycles. The molecule has 1 aromatic heterocycles. The fourth-order valence-corrected chi connectivity index (χ4v) is 1.41. The van der Waals surface area contributed by atoms with E-state index in [2.05, 4.69) is 20.8 Å². The lowest BCUT2D eigenvalue weighted by Crippen LogP contribution is -2.29. The third kappa shape index (κ3) is 6.44. The number of nitrogens with zero attached hydrogens (tertiary/aromatic N) is 3. The highest BCUT2D eigenvalue weighted by Crippen LogP contribution is 2.01. The van der Waals surface area contributed by atoms with E-state index in [1.165, 1.54) is 0 Å². The molecule has 0 bridgehead atoms. The number of hydrogen-bond donors (Lipinski definition) is 2. The summed E-state index contributed by atoms with van der Waals surface area (Å²) >= 11 is 0. The van der Waals surface area contributed by atoms with Gasteiger partial charge < -0.3 is 20.3 Å². The maximum Gasteiger partial charge on any atom is 0.271 e. The second-order valence-corrected chi connectivity index (χ2v) is 4.51. The molecule has 7 nitrogen and oxygen atoms in total. The van der Waals surface area contributed by atoms with Crippen molar-refractivity contribution in [1.82, 2.24) is 20.4 Å². The van der Waals surface area contributed by atoms with Gasteiger partial charge in [0.25, 0.3) is 5.91 Å². The Kier molecular flexibility index (Phi) is 7.52. The van der Waals surface area contributed by atoms with Crippen LogP contribution in [0.5, 0.6) is 0 Å². The first kappa shape index (κ1) is 16.3. The first-order valence-electron chi connectivity index (χ1n) is 6.71. The molecule has 1 amide bonds. The summed E-state index contributed by atoms with van der Waals surface area (Å²) < 4.78 is 5.38. The van der Waals surface area contributed by atoms with Gasteiger partial charge in [0.2, 0.25) is 0 Å². The van der Waals surface area contributed by atoms with E-state index in [1.54, 1.807) is 12.1 Å². The molecular formula is C13H23N5O2. The number of ether oxygens (including phenoxy) is 1. The van der Waals surface area contributed by atoms with Crippen LogP contribution in [0.2, 0.25) is 0 Å². The zero-order valence-electron chi connectivity index (χ0n) is 12.3. The topological polar surface area (TPSA) is 79.4 Å². The summed E-state index contributed by atoms with van der Waals surface area (Å²) in [7, 11) is 3.97. The lowest BCUT2D eigenvalue weighted by atomic mass is 10.3. The van der Waals surface area contributed by atoms with Gasteiger partial charge in [-0.05, 0) is 33.2 Å². The highest BCUT2D eigenvalue weighted by atomic mass is 16.5. The van der Waals surface area contributed by atoms with E-state index in [4.69, 9.17) is 4.74 Å². The maximum atomic E-state index is 11.8. The number of nitrogens with one attached hydrogen (secondary N) is 2. The summed E-state index contributed by atoms with van der Waals surface area (Å²) in [5.41, 5.74) is 0.306. The molecule has 0 spiro atoms. The number of aromatic nitrogens is 2. The Labute approximate surface area is 119 Å². The SMILES string of the molecule is CCNc1ccc(C(=O)NCCOCCN(C)C)nn1. The highest BCUT2D eigenvalue weighted by Gasteiger charge is 2.07. The highest BCUT2D eigenvalue weighted by molar-refractivity contribution is 5.92. The van der Waals surface area contributed by atoms with Crippen molar-refractivity contribution in [3.8, 4) is 0 Å². The van der Waals surface area contributed by atoms with E-state index in [1.807, 2.05) is 25.9 Å². The van der Waals surface area contributed by atoms with Crippen LogP contribution in [0.4, 0.5) is 5.82 Å². The molecule has 0 atom stereocenters.